The predicted octanol–water partition coefficient (Wildman–Crippen LogP) is 0.160. The molecule has 0 aromatic rings. The Balaban J connectivity index is 3.82. The zero-order valence-corrected chi connectivity index (χ0v) is 8.46. The van der Waals surface area contributed by atoms with Crippen molar-refractivity contribution in [3.8, 4) is 0 Å². The molecule has 4 heteroatoms. The second-order valence-electron chi connectivity index (χ2n) is 3.42. The van der Waals surface area contributed by atoms with Gasteiger partial charge in [-0.1, -0.05) is 0 Å². The third kappa shape index (κ3) is 4.16. The first-order chi connectivity index (χ1) is 4.86. The van der Waals surface area contributed by atoms with E-state index in [1.54, 1.807) is 0 Å². The summed E-state index contributed by atoms with van der Waals surface area (Å²) < 4.78 is 0. The standard InChI is InChI=1S/C7H17N3S/c1-7(2,10(3)4)5-9-6(8)11/h5H2,1-4H3,(H3,8,9,11). The zero-order valence-electron chi connectivity index (χ0n) is 7.64. The molecular formula is C7H17N3S. The quantitative estimate of drug-likeness (QED) is 0.600. The third-order valence-electron chi connectivity index (χ3n) is 1.91. The lowest BCUT2D eigenvalue weighted by atomic mass is 10.1. The highest BCUT2D eigenvalue weighted by Crippen LogP contribution is 2.07. The molecule has 0 saturated carbocycles. The van der Waals surface area contributed by atoms with Crippen molar-refractivity contribution in [2.75, 3.05) is 20.6 Å². The molecule has 0 aliphatic rings. The van der Waals surface area contributed by atoms with E-state index in [4.69, 9.17) is 18.0 Å². The molecule has 0 radical (unpaired) electrons. The summed E-state index contributed by atoms with van der Waals surface area (Å²) in [5, 5.41) is 3.30. The lowest BCUT2D eigenvalue weighted by molar-refractivity contribution is 0.198. The summed E-state index contributed by atoms with van der Waals surface area (Å²) in [5.41, 5.74) is 5.39. The summed E-state index contributed by atoms with van der Waals surface area (Å²) in [6.07, 6.45) is 0. The van der Waals surface area contributed by atoms with Crippen molar-refractivity contribution in [3.63, 3.8) is 0 Å². The van der Waals surface area contributed by atoms with Gasteiger partial charge in [0.2, 0.25) is 0 Å². The van der Waals surface area contributed by atoms with E-state index in [2.05, 4.69) is 24.1 Å². The first-order valence-electron chi connectivity index (χ1n) is 3.57. The lowest BCUT2D eigenvalue weighted by Crippen LogP contribution is -2.49. The third-order valence-corrected chi connectivity index (χ3v) is 2.05. The molecule has 66 valence electrons. The van der Waals surface area contributed by atoms with Crippen LogP contribution < -0.4 is 11.1 Å². The molecule has 0 heterocycles. The van der Waals surface area contributed by atoms with Crippen LogP contribution in [0.25, 0.3) is 0 Å². The van der Waals surface area contributed by atoms with E-state index in [1.807, 2.05) is 14.1 Å². The maximum absolute atomic E-state index is 5.30. The van der Waals surface area contributed by atoms with Crippen LogP contribution in [0.5, 0.6) is 0 Å². The van der Waals surface area contributed by atoms with Gasteiger partial charge < -0.3 is 16.0 Å². The molecule has 0 aliphatic carbocycles. The maximum atomic E-state index is 5.30. The van der Waals surface area contributed by atoms with Gasteiger partial charge in [-0.15, -0.1) is 0 Å². The van der Waals surface area contributed by atoms with Crippen molar-refractivity contribution >= 4 is 17.3 Å². The number of nitrogens with two attached hydrogens (primary N) is 1. The van der Waals surface area contributed by atoms with Crippen molar-refractivity contribution in [3.05, 3.63) is 0 Å². The summed E-state index contributed by atoms with van der Waals surface area (Å²) in [5.74, 6) is 0. The van der Waals surface area contributed by atoms with Crippen molar-refractivity contribution in [1.82, 2.24) is 10.2 Å². The molecule has 0 aromatic carbocycles. The zero-order chi connectivity index (χ0) is 9.07. The molecular weight excluding hydrogens is 158 g/mol. The van der Waals surface area contributed by atoms with Gasteiger partial charge in [0.15, 0.2) is 5.11 Å². The second kappa shape index (κ2) is 3.88. The molecule has 0 aromatic heterocycles. The Kier molecular flexibility index (Phi) is 3.75. The molecule has 11 heavy (non-hydrogen) atoms. The van der Waals surface area contributed by atoms with E-state index in [9.17, 15) is 0 Å². The highest BCUT2D eigenvalue weighted by Gasteiger charge is 2.19. The van der Waals surface area contributed by atoms with Crippen LogP contribution in [0.3, 0.4) is 0 Å². The number of nitrogens with one attached hydrogen (secondary N) is 1. The van der Waals surface area contributed by atoms with Crippen LogP contribution in [-0.2, 0) is 0 Å². The smallest absolute Gasteiger partial charge is 0.163 e. The molecule has 0 spiro atoms. The van der Waals surface area contributed by atoms with Gasteiger partial charge in [0.05, 0.1) is 0 Å². The van der Waals surface area contributed by atoms with Crippen LogP contribution >= 0.6 is 12.2 Å². The maximum Gasteiger partial charge on any atom is 0.163 e. The van der Waals surface area contributed by atoms with Gasteiger partial charge in [-0.05, 0) is 40.2 Å². The topological polar surface area (TPSA) is 41.3 Å². The Morgan fingerprint density at radius 2 is 2.00 bits per heavy atom. The molecule has 0 rings (SSSR count). The number of hydrogen-bond donors (Lipinski definition) is 2. The van der Waals surface area contributed by atoms with Gasteiger partial charge in [-0.25, -0.2) is 0 Å². The number of hydrogen-bond acceptors (Lipinski definition) is 2. The first kappa shape index (κ1) is 10.7. The van der Waals surface area contributed by atoms with Gasteiger partial charge in [-0.2, -0.15) is 0 Å². The van der Waals surface area contributed by atoms with E-state index < -0.39 is 0 Å². The minimum absolute atomic E-state index is 0.0867. The molecule has 3 nitrogen and oxygen atoms in total. The van der Waals surface area contributed by atoms with Crippen LogP contribution in [-0.4, -0.2) is 36.2 Å². The van der Waals surface area contributed by atoms with Gasteiger partial charge in [-0.3, -0.25) is 0 Å². The Bertz CT molecular complexity index is 143. The minimum atomic E-state index is 0.0867. The van der Waals surface area contributed by atoms with E-state index >= 15 is 0 Å². The molecule has 0 fully saturated rings. The molecule has 0 amide bonds. The number of thiocarbonyl (C=S) groups is 1. The summed E-state index contributed by atoms with van der Waals surface area (Å²) >= 11 is 4.70. The fourth-order valence-corrected chi connectivity index (χ4v) is 0.534. The van der Waals surface area contributed by atoms with E-state index in [-0.39, 0.29) is 5.54 Å². The molecule has 0 atom stereocenters. The van der Waals surface area contributed by atoms with Crippen molar-refractivity contribution < 1.29 is 0 Å². The van der Waals surface area contributed by atoms with Crippen molar-refractivity contribution in [2.45, 2.75) is 19.4 Å². The van der Waals surface area contributed by atoms with Crippen LogP contribution in [0.1, 0.15) is 13.8 Å². The minimum Gasteiger partial charge on any atom is -0.376 e. The summed E-state index contributed by atoms with van der Waals surface area (Å²) in [6, 6.07) is 0. The second-order valence-corrected chi connectivity index (χ2v) is 3.86. The number of likely N-dealkylation sites (N-methyl/N-ethyl adjacent to an activating group) is 1. The van der Waals surface area contributed by atoms with Gasteiger partial charge in [0, 0.05) is 12.1 Å². The Morgan fingerprint density at radius 1 is 1.55 bits per heavy atom. The van der Waals surface area contributed by atoms with Crippen LogP contribution in [0.4, 0.5) is 0 Å². The van der Waals surface area contributed by atoms with Gasteiger partial charge >= 0.3 is 0 Å². The van der Waals surface area contributed by atoms with Crippen LogP contribution in [0.2, 0.25) is 0 Å². The highest BCUT2D eigenvalue weighted by molar-refractivity contribution is 7.80. The SMILES string of the molecule is CN(C)C(C)(C)CNC(N)=S. The summed E-state index contributed by atoms with van der Waals surface area (Å²) in [6.45, 7) is 5.02. The fraction of sp³-hybridized carbons (Fsp3) is 0.857. The average Bonchev–Trinajstić information content (AvgIpc) is 1.84. The highest BCUT2D eigenvalue weighted by atomic mass is 32.1. The molecule has 0 aliphatic heterocycles. The number of nitrogens with zero attached hydrogens (tertiary/aromatic N) is 1. The van der Waals surface area contributed by atoms with Crippen LogP contribution in [0.15, 0.2) is 0 Å². The monoisotopic (exact) mass is 175 g/mol. The van der Waals surface area contributed by atoms with Crippen molar-refractivity contribution in [1.29, 1.82) is 0 Å². The van der Waals surface area contributed by atoms with Crippen LogP contribution in [0, 0.1) is 0 Å². The fourth-order valence-electron chi connectivity index (χ4n) is 0.462. The normalized spacial score (nSPS) is 11.7. The van der Waals surface area contributed by atoms with E-state index in [1.165, 1.54) is 0 Å². The lowest BCUT2D eigenvalue weighted by Gasteiger charge is -2.32. The Morgan fingerprint density at radius 3 is 2.27 bits per heavy atom. The summed E-state index contributed by atoms with van der Waals surface area (Å²) in [4.78, 5) is 2.12. The van der Waals surface area contributed by atoms with E-state index in [0.717, 1.165) is 6.54 Å². The van der Waals surface area contributed by atoms with Gasteiger partial charge in [0.25, 0.3) is 0 Å². The number of rotatable bonds is 3. The largest absolute Gasteiger partial charge is 0.376 e. The van der Waals surface area contributed by atoms with Crippen molar-refractivity contribution in [2.24, 2.45) is 5.73 Å². The first-order valence-corrected chi connectivity index (χ1v) is 3.98. The van der Waals surface area contributed by atoms with E-state index in [0.29, 0.717) is 5.11 Å². The Hall–Kier alpha value is -0.350. The molecule has 0 bridgehead atoms. The average molecular weight is 175 g/mol. The molecule has 3 N–H and O–H groups in total. The predicted molar refractivity (Wildman–Crippen MR) is 52.6 cm³/mol. The molecule has 0 saturated heterocycles. The molecule has 0 unspecified atom stereocenters. The Labute approximate surface area is 73.9 Å². The van der Waals surface area contributed by atoms with Gasteiger partial charge in [0.1, 0.15) is 0 Å². The summed E-state index contributed by atoms with van der Waals surface area (Å²) in [7, 11) is 4.06.